The minimum Gasteiger partial charge on any atom is -0.481 e. The zero-order chi connectivity index (χ0) is 12.1. The molecule has 0 radical (unpaired) electrons. The summed E-state index contributed by atoms with van der Waals surface area (Å²) in [5, 5.41) is 3.55. The van der Waals surface area contributed by atoms with Crippen molar-refractivity contribution in [3.8, 4) is 5.88 Å². The van der Waals surface area contributed by atoms with E-state index in [2.05, 4.69) is 22.5 Å². The molecule has 0 aromatic carbocycles. The van der Waals surface area contributed by atoms with Crippen molar-refractivity contribution in [2.24, 2.45) is 5.73 Å². The molecule has 0 bridgehead atoms. The van der Waals surface area contributed by atoms with E-state index in [1.165, 1.54) is 0 Å². The van der Waals surface area contributed by atoms with Crippen molar-refractivity contribution in [2.45, 2.75) is 24.9 Å². The maximum absolute atomic E-state index is 5.81. The highest BCUT2D eigenvalue weighted by Crippen LogP contribution is 2.18. The molecule has 1 aliphatic carbocycles. The van der Waals surface area contributed by atoms with Gasteiger partial charge in [-0.1, -0.05) is 18.2 Å². The Hall–Kier alpha value is -1.39. The molecule has 1 aliphatic rings. The molecule has 1 aromatic rings. The minimum atomic E-state index is 0.165. The van der Waals surface area contributed by atoms with Gasteiger partial charge < -0.3 is 15.8 Å². The Morgan fingerprint density at radius 2 is 2.24 bits per heavy atom. The molecule has 17 heavy (non-hydrogen) atoms. The summed E-state index contributed by atoms with van der Waals surface area (Å²) in [5.74, 6) is 0.632. The van der Waals surface area contributed by atoms with Gasteiger partial charge in [0.1, 0.15) is 0 Å². The molecule has 0 fully saturated rings. The quantitative estimate of drug-likeness (QED) is 0.755. The van der Waals surface area contributed by atoms with Crippen molar-refractivity contribution in [2.75, 3.05) is 13.7 Å². The normalized spacial score (nSPS) is 17.3. The molecule has 0 aliphatic heterocycles. The third-order valence-corrected chi connectivity index (χ3v) is 3.05. The average Bonchev–Trinajstić information content (AvgIpc) is 2.89. The van der Waals surface area contributed by atoms with E-state index in [1.54, 1.807) is 7.11 Å². The summed E-state index contributed by atoms with van der Waals surface area (Å²) < 4.78 is 5.04. The number of rotatable bonds is 5. The fourth-order valence-electron chi connectivity index (χ4n) is 2.06. The predicted octanol–water partition coefficient (Wildman–Crippen LogP) is 1.40. The van der Waals surface area contributed by atoms with Gasteiger partial charge in [0.2, 0.25) is 5.88 Å². The lowest BCUT2D eigenvalue weighted by molar-refractivity contribution is 0.396. The largest absolute Gasteiger partial charge is 0.481 e. The highest BCUT2D eigenvalue weighted by molar-refractivity contribution is 5.21. The van der Waals surface area contributed by atoms with Crippen LogP contribution in [0.2, 0.25) is 0 Å². The van der Waals surface area contributed by atoms with E-state index in [4.69, 9.17) is 10.5 Å². The highest BCUT2D eigenvalue weighted by Gasteiger charge is 2.16. The highest BCUT2D eigenvalue weighted by atomic mass is 16.5. The number of hydrogen-bond donors (Lipinski definition) is 2. The van der Waals surface area contributed by atoms with Crippen LogP contribution in [0.5, 0.6) is 5.88 Å². The van der Waals surface area contributed by atoms with Crippen LogP contribution in [0.4, 0.5) is 0 Å². The van der Waals surface area contributed by atoms with Crippen LogP contribution in [0.15, 0.2) is 30.5 Å². The lowest BCUT2D eigenvalue weighted by atomic mass is 10.1. The molecule has 0 saturated carbocycles. The number of nitrogens with one attached hydrogen (secondary N) is 1. The first-order chi connectivity index (χ1) is 8.33. The van der Waals surface area contributed by atoms with Gasteiger partial charge in [0.15, 0.2) is 0 Å². The van der Waals surface area contributed by atoms with Crippen molar-refractivity contribution in [3.63, 3.8) is 0 Å². The van der Waals surface area contributed by atoms with Gasteiger partial charge in [-0.2, -0.15) is 0 Å². The lowest BCUT2D eigenvalue weighted by Crippen LogP contribution is -2.35. The van der Waals surface area contributed by atoms with Gasteiger partial charge in [-0.3, -0.25) is 0 Å². The summed E-state index contributed by atoms with van der Waals surface area (Å²) in [4.78, 5) is 4.21. The summed E-state index contributed by atoms with van der Waals surface area (Å²) in [5.41, 5.74) is 6.92. The van der Waals surface area contributed by atoms with Crippen LogP contribution in [0, 0.1) is 0 Å². The molecular formula is C13H19N3O. The monoisotopic (exact) mass is 233 g/mol. The van der Waals surface area contributed by atoms with Crippen molar-refractivity contribution in [3.05, 3.63) is 36.0 Å². The summed E-state index contributed by atoms with van der Waals surface area (Å²) in [6, 6.07) is 4.55. The van der Waals surface area contributed by atoms with E-state index in [-0.39, 0.29) is 6.04 Å². The number of ether oxygens (including phenoxy) is 1. The molecular weight excluding hydrogens is 214 g/mol. The Balaban J connectivity index is 2.00. The van der Waals surface area contributed by atoms with E-state index >= 15 is 0 Å². The molecule has 0 saturated heterocycles. The van der Waals surface area contributed by atoms with Gasteiger partial charge in [0, 0.05) is 30.9 Å². The maximum Gasteiger partial charge on any atom is 0.212 e. The Bertz CT molecular complexity index is 367. The molecule has 1 atom stereocenters. The fraction of sp³-hybridized carbons (Fsp3) is 0.462. The standard InChI is InChI=1S/C13H19N3O/c1-17-13-7-6-10(9-15-13)12(8-14)16-11-4-2-3-5-11/h2-3,6-7,9,11-12,16H,4-5,8,14H2,1H3. The van der Waals surface area contributed by atoms with Gasteiger partial charge in [0.05, 0.1) is 7.11 Å². The van der Waals surface area contributed by atoms with E-state index in [9.17, 15) is 0 Å². The first-order valence-electron chi connectivity index (χ1n) is 5.94. The first-order valence-corrected chi connectivity index (χ1v) is 5.94. The van der Waals surface area contributed by atoms with Crippen molar-refractivity contribution < 1.29 is 4.74 Å². The molecule has 1 unspecified atom stereocenters. The molecule has 92 valence electrons. The SMILES string of the molecule is COc1ccc(C(CN)NC2CC=CC2)cn1. The van der Waals surface area contributed by atoms with Crippen LogP contribution < -0.4 is 15.8 Å². The van der Waals surface area contributed by atoms with Gasteiger partial charge in [-0.05, 0) is 18.4 Å². The molecule has 1 aromatic heterocycles. The van der Waals surface area contributed by atoms with Crippen LogP contribution in [-0.4, -0.2) is 24.7 Å². The molecule has 4 heteroatoms. The zero-order valence-electron chi connectivity index (χ0n) is 10.1. The van der Waals surface area contributed by atoms with Crippen molar-refractivity contribution >= 4 is 0 Å². The van der Waals surface area contributed by atoms with E-state index in [0.29, 0.717) is 18.5 Å². The van der Waals surface area contributed by atoms with E-state index in [0.717, 1.165) is 18.4 Å². The molecule has 3 N–H and O–H groups in total. The Morgan fingerprint density at radius 1 is 1.47 bits per heavy atom. The summed E-state index contributed by atoms with van der Waals surface area (Å²) >= 11 is 0. The van der Waals surface area contributed by atoms with E-state index in [1.807, 2.05) is 18.3 Å². The van der Waals surface area contributed by atoms with Gasteiger partial charge in [0.25, 0.3) is 0 Å². The molecule has 1 heterocycles. The smallest absolute Gasteiger partial charge is 0.212 e. The third kappa shape index (κ3) is 3.05. The molecule has 0 amide bonds. The van der Waals surface area contributed by atoms with E-state index < -0.39 is 0 Å². The second-order valence-corrected chi connectivity index (χ2v) is 4.23. The Kier molecular flexibility index (Phi) is 4.12. The second-order valence-electron chi connectivity index (χ2n) is 4.23. The van der Waals surface area contributed by atoms with Gasteiger partial charge in [-0.25, -0.2) is 4.98 Å². The van der Waals surface area contributed by atoms with Crippen LogP contribution in [0.25, 0.3) is 0 Å². The first kappa shape index (κ1) is 12.1. The Labute approximate surface area is 102 Å². The number of aromatic nitrogens is 1. The number of nitrogens with two attached hydrogens (primary N) is 1. The maximum atomic E-state index is 5.81. The average molecular weight is 233 g/mol. The van der Waals surface area contributed by atoms with Crippen LogP contribution in [0.1, 0.15) is 24.4 Å². The van der Waals surface area contributed by atoms with Crippen LogP contribution >= 0.6 is 0 Å². The zero-order valence-corrected chi connectivity index (χ0v) is 10.1. The predicted molar refractivity (Wildman–Crippen MR) is 67.9 cm³/mol. The topological polar surface area (TPSA) is 60.2 Å². The van der Waals surface area contributed by atoms with Crippen molar-refractivity contribution in [1.29, 1.82) is 0 Å². The van der Waals surface area contributed by atoms with Gasteiger partial charge in [-0.15, -0.1) is 0 Å². The molecule has 0 spiro atoms. The second kappa shape index (κ2) is 5.80. The van der Waals surface area contributed by atoms with Crippen molar-refractivity contribution in [1.82, 2.24) is 10.3 Å². The molecule has 4 nitrogen and oxygen atoms in total. The summed E-state index contributed by atoms with van der Waals surface area (Å²) in [7, 11) is 1.62. The number of methoxy groups -OCH3 is 1. The molecule has 2 rings (SSSR count). The third-order valence-electron chi connectivity index (χ3n) is 3.05. The summed E-state index contributed by atoms with van der Waals surface area (Å²) in [6.45, 7) is 0.574. The van der Waals surface area contributed by atoms with Gasteiger partial charge >= 0.3 is 0 Å². The summed E-state index contributed by atoms with van der Waals surface area (Å²) in [6.07, 6.45) is 8.40. The van der Waals surface area contributed by atoms with Crippen LogP contribution in [-0.2, 0) is 0 Å². The number of hydrogen-bond acceptors (Lipinski definition) is 4. The number of nitrogens with zero attached hydrogens (tertiary/aromatic N) is 1. The number of pyridine rings is 1. The lowest BCUT2D eigenvalue weighted by Gasteiger charge is -2.21. The fourth-order valence-corrected chi connectivity index (χ4v) is 2.06. The van der Waals surface area contributed by atoms with Crippen LogP contribution in [0.3, 0.4) is 0 Å². The minimum absolute atomic E-state index is 0.165. The Morgan fingerprint density at radius 3 is 2.76 bits per heavy atom.